The first-order valence-electron chi connectivity index (χ1n) is 11.8. The summed E-state index contributed by atoms with van der Waals surface area (Å²) in [7, 11) is 0. The van der Waals surface area contributed by atoms with Gasteiger partial charge in [0.25, 0.3) is 5.91 Å². The minimum atomic E-state index is -4.48. The summed E-state index contributed by atoms with van der Waals surface area (Å²) < 4.78 is 82.6. The smallest absolute Gasteiger partial charge is 0.419 e. The van der Waals surface area contributed by atoms with Crippen LogP contribution in [-0.4, -0.2) is 37.1 Å². The second-order valence-electron chi connectivity index (χ2n) is 9.29. The molecule has 1 saturated carbocycles. The molecule has 0 atom stereocenters. The molecule has 0 spiro atoms. The molecule has 1 aliphatic carbocycles. The van der Waals surface area contributed by atoms with Crippen molar-refractivity contribution in [2.45, 2.75) is 37.9 Å². The summed E-state index contributed by atoms with van der Waals surface area (Å²) in [5.41, 5.74) is -0.610. The molecule has 2 heterocycles. The van der Waals surface area contributed by atoms with Crippen LogP contribution < -0.4 is 5.32 Å². The second-order valence-corrected chi connectivity index (χ2v) is 9.29. The normalized spacial score (nSPS) is 18.2. The van der Waals surface area contributed by atoms with Crippen LogP contribution in [0.1, 0.15) is 47.6 Å². The highest BCUT2D eigenvalue weighted by atomic mass is 19.4. The van der Waals surface area contributed by atoms with Gasteiger partial charge in [0, 0.05) is 24.3 Å². The van der Waals surface area contributed by atoms with Crippen LogP contribution in [0.2, 0.25) is 0 Å². The van der Waals surface area contributed by atoms with Gasteiger partial charge in [0.05, 0.1) is 34.6 Å². The second kappa shape index (κ2) is 9.69. The molecule has 0 unspecified atom stereocenters. The van der Waals surface area contributed by atoms with E-state index in [-0.39, 0.29) is 18.5 Å². The molecule has 2 N–H and O–H groups in total. The third kappa shape index (κ3) is 4.92. The highest BCUT2D eigenvalue weighted by molar-refractivity contribution is 5.94. The number of aromatic hydroxyl groups is 1. The summed E-state index contributed by atoms with van der Waals surface area (Å²) in [6.45, 7) is 0.184. The van der Waals surface area contributed by atoms with Gasteiger partial charge < -0.3 is 10.4 Å². The quantitative estimate of drug-likeness (QED) is 0.259. The van der Waals surface area contributed by atoms with Crippen LogP contribution in [0.25, 0.3) is 16.6 Å². The van der Waals surface area contributed by atoms with Crippen LogP contribution in [0.15, 0.2) is 42.9 Å². The van der Waals surface area contributed by atoms with Gasteiger partial charge in [0.1, 0.15) is 0 Å². The zero-order valence-electron chi connectivity index (χ0n) is 19.6. The molecule has 0 saturated heterocycles. The van der Waals surface area contributed by atoms with Gasteiger partial charge in [-0.05, 0) is 55.9 Å². The number of carbonyl (C=O) groups is 1. The van der Waals surface area contributed by atoms with Crippen LogP contribution in [0.3, 0.4) is 0 Å². The van der Waals surface area contributed by atoms with E-state index in [1.807, 2.05) is 10.9 Å². The first kappa shape index (κ1) is 25.6. The van der Waals surface area contributed by atoms with E-state index in [0.29, 0.717) is 30.1 Å². The molecule has 200 valence electrons. The van der Waals surface area contributed by atoms with Crippen LogP contribution in [0.4, 0.5) is 26.3 Å². The Kier molecular flexibility index (Phi) is 6.53. The lowest BCUT2D eigenvalue weighted by atomic mass is 9.86. The Morgan fingerprint density at radius 3 is 2.47 bits per heavy atom. The Bertz CT molecular complexity index is 1500. The maximum atomic E-state index is 13.9. The number of halogens is 6. The van der Waals surface area contributed by atoms with Gasteiger partial charge in [-0.2, -0.15) is 27.8 Å². The largest absolute Gasteiger partial charge is 0.503 e. The van der Waals surface area contributed by atoms with E-state index in [4.69, 9.17) is 5.11 Å². The van der Waals surface area contributed by atoms with Crippen molar-refractivity contribution in [3.63, 3.8) is 0 Å². The fourth-order valence-electron chi connectivity index (χ4n) is 4.66. The molecule has 7 nitrogen and oxygen atoms in total. The molecule has 2 aromatic heterocycles. The Morgan fingerprint density at radius 2 is 1.79 bits per heavy atom. The van der Waals surface area contributed by atoms with Crippen molar-refractivity contribution in [3.8, 4) is 11.4 Å². The first-order chi connectivity index (χ1) is 18.0. The Morgan fingerprint density at radius 1 is 1.05 bits per heavy atom. The number of nitrogens with zero attached hydrogens (tertiary/aromatic N) is 4. The van der Waals surface area contributed by atoms with Crippen molar-refractivity contribution in [3.05, 3.63) is 71.4 Å². The van der Waals surface area contributed by atoms with Crippen molar-refractivity contribution in [2.24, 2.45) is 5.92 Å². The molecule has 0 aliphatic heterocycles. The van der Waals surface area contributed by atoms with E-state index in [1.165, 1.54) is 0 Å². The molecule has 1 amide bonds. The van der Waals surface area contributed by atoms with E-state index in [9.17, 15) is 31.1 Å². The average molecular weight is 537 g/mol. The minimum Gasteiger partial charge on any atom is -0.503 e. The number of phenolic OH excluding ortho intramolecular Hbond substituents is 1. The molecule has 4 aromatic rings. The lowest BCUT2D eigenvalue weighted by Gasteiger charge is -2.28. The maximum absolute atomic E-state index is 13.9. The number of benzene rings is 2. The number of rotatable bonds is 5. The zero-order valence-corrected chi connectivity index (χ0v) is 19.6. The number of phenols is 1. The molecule has 1 fully saturated rings. The highest BCUT2D eigenvalue weighted by Crippen LogP contribution is 2.33. The molecule has 1 aliphatic rings. The van der Waals surface area contributed by atoms with E-state index in [2.05, 4.69) is 15.5 Å². The zero-order chi connectivity index (χ0) is 27.2. The maximum Gasteiger partial charge on any atom is 0.419 e. The van der Waals surface area contributed by atoms with Gasteiger partial charge in [-0.25, -0.2) is 13.5 Å². The van der Waals surface area contributed by atoms with E-state index in [1.54, 1.807) is 18.2 Å². The molecule has 13 heteroatoms. The average Bonchev–Trinajstić information content (AvgIpc) is 3.56. The Balaban J connectivity index is 1.20. The summed E-state index contributed by atoms with van der Waals surface area (Å²) in [6.07, 6.45) is 1.94. The SMILES string of the molecule is O=C(NCC1CCC(n2cc3ccc(-n4cc(C(F)(F)F)cn4)cc3n2)CC1)c1cc(F)c(O)c(F)c1F. The Labute approximate surface area is 211 Å². The van der Waals surface area contributed by atoms with Gasteiger partial charge in [-0.1, -0.05) is 0 Å². The molecule has 0 bridgehead atoms. The molecule has 5 rings (SSSR count). The molecule has 2 aromatic carbocycles. The topological polar surface area (TPSA) is 85.0 Å². The number of hydrogen-bond acceptors (Lipinski definition) is 4. The number of aromatic nitrogens is 4. The van der Waals surface area contributed by atoms with Crippen LogP contribution in [0.5, 0.6) is 5.75 Å². The summed E-state index contributed by atoms with van der Waals surface area (Å²) in [5, 5.41) is 20.8. The summed E-state index contributed by atoms with van der Waals surface area (Å²) in [4.78, 5) is 12.2. The standard InChI is InChI=1S/C25H21F6N5O2/c26-19-8-18(21(27)22(28)23(19)37)24(38)32-9-13-1-4-16(5-2-13)36-11-14-3-6-17(7-20(14)34-36)35-12-15(10-33-35)25(29,30)31/h3,6-8,10-13,16,37H,1-2,4-5,9H2,(H,32,38). The van der Waals surface area contributed by atoms with E-state index >= 15 is 0 Å². The number of amides is 1. The Hall–Kier alpha value is -4.03. The van der Waals surface area contributed by atoms with Gasteiger partial charge >= 0.3 is 6.18 Å². The van der Waals surface area contributed by atoms with Gasteiger partial charge in [0.2, 0.25) is 5.82 Å². The minimum absolute atomic E-state index is 0.0595. The van der Waals surface area contributed by atoms with Crippen molar-refractivity contribution in [1.82, 2.24) is 24.9 Å². The van der Waals surface area contributed by atoms with E-state index in [0.717, 1.165) is 35.3 Å². The lowest BCUT2D eigenvalue weighted by molar-refractivity contribution is -0.137. The molecule has 0 radical (unpaired) electrons. The van der Waals surface area contributed by atoms with Crippen LogP contribution >= 0.6 is 0 Å². The van der Waals surface area contributed by atoms with Crippen molar-refractivity contribution in [2.75, 3.05) is 6.54 Å². The van der Waals surface area contributed by atoms with Crippen molar-refractivity contribution >= 4 is 16.8 Å². The number of carbonyl (C=O) groups excluding carboxylic acids is 1. The monoisotopic (exact) mass is 537 g/mol. The van der Waals surface area contributed by atoms with Crippen molar-refractivity contribution in [1.29, 1.82) is 0 Å². The molecular formula is C25H21F6N5O2. The fourth-order valence-corrected chi connectivity index (χ4v) is 4.66. The number of nitrogens with one attached hydrogen (secondary N) is 1. The predicted octanol–water partition coefficient (Wildman–Crippen LogP) is 5.53. The summed E-state index contributed by atoms with van der Waals surface area (Å²) >= 11 is 0. The third-order valence-electron chi connectivity index (χ3n) is 6.80. The van der Waals surface area contributed by atoms with Gasteiger partial charge in [0.15, 0.2) is 17.4 Å². The van der Waals surface area contributed by atoms with Crippen molar-refractivity contribution < 1.29 is 36.2 Å². The first-order valence-corrected chi connectivity index (χ1v) is 11.8. The number of alkyl halides is 3. The van der Waals surface area contributed by atoms with E-state index < -0.39 is 46.4 Å². The highest BCUT2D eigenvalue weighted by Gasteiger charge is 2.32. The van der Waals surface area contributed by atoms with Gasteiger partial charge in [-0.3, -0.25) is 9.48 Å². The number of fused-ring (bicyclic) bond motifs is 1. The molecular weight excluding hydrogens is 516 g/mol. The summed E-state index contributed by atoms with van der Waals surface area (Å²) in [6, 6.07) is 5.61. The third-order valence-corrected chi connectivity index (χ3v) is 6.80. The van der Waals surface area contributed by atoms with Crippen LogP contribution in [-0.2, 0) is 6.18 Å². The number of hydrogen-bond donors (Lipinski definition) is 2. The molecule has 38 heavy (non-hydrogen) atoms. The van der Waals surface area contributed by atoms with Crippen LogP contribution in [0, 0.1) is 23.4 Å². The summed E-state index contributed by atoms with van der Waals surface area (Å²) in [5.74, 6) is -7.25. The fraction of sp³-hybridized carbons (Fsp3) is 0.320. The van der Waals surface area contributed by atoms with Gasteiger partial charge in [-0.15, -0.1) is 0 Å². The lowest BCUT2D eigenvalue weighted by Crippen LogP contribution is -2.32. The predicted molar refractivity (Wildman–Crippen MR) is 123 cm³/mol.